The topological polar surface area (TPSA) is 49.4 Å². The fourth-order valence-corrected chi connectivity index (χ4v) is 4.17. The minimum Gasteiger partial charge on any atom is -0.357 e. The fourth-order valence-electron chi connectivity index (χ4n) is 3.70. The molecule has 0 unspecified atom stereocenters. The van der Waals surface area contributed by atoms with Gasteiger partial charge in [0.05, 0.1) is 0 Å². The minimum atomic E-state index is -0.672. The van der Waals surface area contributed by atoms with Gasteiger partial charge in [-0.25, -0.2) is 0 Å². The smallest absolute Gasteiger partial charge is 0.242 e. The second kappa shape index (κ2) is 11.9. The van der Waals surface area contributed by atoms with Crippen molar-refractivity contribution in [2.45, 2.75) is 38.8 Å². The molecule has 0 aliphatic heterocycles. The second-order valence-electron chi connectivity index (χ2n) is 8.06. The van der Waals surface area contributed by atoms with Gasteiger partial charge in [-0.3, -0.25) is 9.59 Å². The molecule has 0 saturated carbocycles. The quantitative estimate of drug-likeness (QED) is 0.430. The molecule has 1 N–H and O–H groups in total. The Balaban J connectivity index is 1.89. The van der Waals surface area contributed by atoms with Gasteiger partial charge in [0.1, 0.15) is 6.04 Å². The SMILES string of the molecule is CNC(=O)[C@H](Cc1ccccc1)N(Cc1ccc(Cl)cc1Cl)C(=O)CCc1ccc(C)cc1. The average molecular weight is 483 g/mol. The third kappa shape index (κ3) is 7.08. The van der Waals surface area contributed by atoms with Crippen LogP contribution in [0.25, 0.3) is 0 Å². The summed E-state index contributed by atoms with van der Waals surface area (Å²) in [6.45, 7) is 2.25. The van der Waals surface area contributed by atoms with E-state index in [1.165, 1.54) is 5.56 Å². The Bertz CT molecular complexity index is 1090. The predicted molar refractivity (Wildman–Crippen MR) is 135 cm³/mol. The number of likely N-dealkylation sites (N-methyl/N-ethyl adjacent to an activating group) is 1. The lowest BCUT2D eigenvalue weighted by atomic mass is 10.0. The van der Waals surface area contributed by atoms with Crippen LogP contribution in [0.2, 0.25) is 10.0 Å². The van der Waals surface area contributed by atoms with Gasteiger partial charge in [0.15, 0.2) is 0 Å². The molecule has 0 heterocycles. The molecule has 0 aliphatic carbocycles. The van der Waals surface area contributed by atoms with Gasteiger partial charge in [0.2, 0.25) is 11.8 Å². The summed E-state index contributed by atoms with van der Waals surface area (Å²) < 4.78 is 0. The number of carbonyl (C=O) groups is 2. The molecule has 0 aliphatic rings. The van der Waals surface area contributed by atoms with Crippen LogP contribution in [0.4, 0.5) is 0 Å². The van der Waals surface area contributed by atoms with Crippen molar-refractivity contribution in [1.29, 1.82) is 0 Å². The van der Waals surface area contributed by atoms with E-state index in [-0.39, 0.29) is 24.8 Å². The van der Waals surface area contributed by atoms with E-state index in [0.29, 0.717) is 22.9 Å². The molecule has 4 nitrogen and oxygen atoms in total. The van der Waals surface area contributed by atoms with E-state index < -0.39 is 6.04 Å². The van der Waals surface area contributed by atoms with Crippen molar-refractivity contribution in [3.8, 4) is 0 Å². The third-order valence-corrected chi connectivity index (χ3v) is 6.21. The zero-order chi connectivity index (χ0) is 23.8. The summed E-state index contributed by atoms with van der Waals surface area (Å²) in [6.07, 6.45) is 1.29. The van der Waals surface area contributed by atoms with Crippen LogP contribution in [0, 0.1) is 6.92 Å². The number of amides is 2. The van der Waals surface area contributed by atoms with Crippen molar-refractivity contribution in [3.05, 3.63) is 105 Å². The summed E-state index contributed by atoms with van der Waals surface area (Å²) in [5, 5.41) is 3.71. The highest BCUT2D eigenvalue weighted by Crippen LogP contribution is 2.24. The largest absolute Gasteiger partial charge is 0.357 e. The zero-order valence-corrected chi connectivity index (χ0v) is 20.4. The lowest BCUT2D eigenvalue weighted by Crippen LogP contribution is -2.49. The summed E-state index contributed by atoms with van der Waals surface area (Å²) in [4.78, 5) is 28.1. The van der Waals surface area contributed by atoms with Crippen molar-refractivity contribution < 1.29 is 9.59 Å². The van der Waals surface area contributed by atoms with Gasteiger partial charge in [0, 0.05) is 36.5 Å². The molecule has 172 valence electrons. The number of aryl methyl sites for hydroxylation is 2. The van der Waals surface area contributed by atoms with Gasteiger partial charge in [0.25, 0.3) is 0 Å². The molecule has 6 heteroatoms. The standard InChI is InChI=1S/C27H28Cl2N2O2/c1-19-8-10-20(11-9-19)12-15-26(32)31(18-22-13-14-23(28)17-24(22)29)25(27(33)30-2)16-21-6-4-3-5-7-21/h3-11,13-14,17,25H,12,15-16,18H2,1-2H3,(H,30,33)/t25-/m0/s1. The zero-order valence-electron chi connectivity index (χ0n) is 18.9. The molecule has 2 amide bonds. The van der Waals surface area contributed by atoms with Gasteiger partial charge in [-0.05, 0) is 42.2 Å². The molecule has 0 fully saturated rings. The molecule has 3 rings (SSSR count). The molecule has 0 spiro atoms. The number of halogens is 2. The Morgan fingerprint density at radius 2 is 1.64 bits per heavy atom. The summed E-state index contributed by atoms with van der Waals surface area (Å²) in [7, 11) is 1.59. The van der Waals surface area contributed by atoms with E-state index in [1.54, 1.807) is 30.1 Å². The van der Waals surface area contributed by atoms with Crippen LogP contribution in [-0.2, 0) is 29.0 Å². The van der Waals surface area contributed by atoms with E-state index in [4.69, 9.17) is 23.2 Å². The highest BCUT2D eigenvalue weighted by Gasteiger charge is 2.30. The van der Waals surface area contributed by atoms with Crippen LogP contribution in [0.3, 0.4) is 0 Å². The Kier molecular flexibility index (Phi) is 8.93. The van der Waals surface area contributed by atoms with Gasteiger partial charge < -0.3 is 10.2 Å². The molecule has 1 atom stereocenters. The number of hydrogen-bond donors (Lipinski definition) is 1. The van der Waals surface area contributed by atoms with E-state index >= 15 is 0 Å². The maximum atomic E-state index is 13.5. The maximum Gasteiger partial charge on any atom is 0.242 e. The van der Waals surface area contributed by atoms with E-state index in [1.807, 2.05) is 61.5 Å². The van der Waals surface area contributed by atoms with Gasteiger partial charge in [-0.15, -0.1) is 0 Å². The van der Waals surface area contributed by atoms with E-state index in [9.17, 15) is 9.59 Å². The van der Waals surface area contributed by atoms with Crippen LogP contribution in [-0.4, -0.2) is 29.8 Å². The van der Waals surface area contributed by atoms with Crippen LogP contribution in [0.15, 0.2) is 72.8 Å². The van der Waals surface area contributed by atoms with Crippen molar-refractivity contribution in [2.75, 3.05) is 7.05 Å². The van der Waals surface area contributed by atoms with Crippen LogP contribution in [0.1, 0.15) is 28.7 Å². The first kappa shape index (κ1) is 24.8. The monoisotopic (exact) mass is 482 g/mol. The minimum absolute atomic E-state index is 0.105. The Morgan fingerprint density at radius 1 is 0.939 bits per heavy atom. The van der Waals surface area contributed by atoms with Gasteiger partial charge in [-0.2, -0.15) is 0 Å². The van der Waals surface area contributed by atoms with E-state index in [0.717, 1.165) is 16.7 Å². The first-order chi connectivity index (χ1) is 15.9. The Hall–Kier alpha value is -2.82. The highest BCUT2D eigenvalue weighted by atomic mass is 35.5. The number of nitrogens with one attached hydrogen (secondary N) is 1. The average Bonchev–Trinajstić information content (AvgIpc) is 2.82. The van der Waals surface area contributed by atoms with Crippen LogP contribution >= 0.6 is 23.2 Å². The summed E-state index contributed by atoms with van der Waals surface area (Å²) in [5.41, 5.74) is 3.97. The summed E-state index contributed by atoms with van der Waals surface area (Å²) in [6, 6.07) is 22.4. The highest BCUT2D eigenvalue weighted by molar-refractivity contribution is 6.35. The predicted octanol–water partition coefficient (Wildman–Crippen LogP) is 5.62. The van der Waals surface area contributed by atoms with Gasteiger partial charge in [-0.1, -0.05) is 89.4 Å². The molecule has 0 bridgehead atoms. The van der Waals surface area contributed by atoms with Crippen molar-refractivity contribution in [1.82, 2.24) is 10.2 Å². The third-order valence-electron chi connectivity index (χ3n) is 5.62. The maximum absolute atomic E-state index is 13.5. The number of carbonyl (C=O) groups excluding carboxylic acids is 2. The number of hydrogen-bond acceptors (Lipinski definition) is 2. The fraction of sp³-hybridized carbons (Fsp3) is 0.259. The van der Waals surface area contributed by atoms with Crippen molar-refractivity contribution in [2.24, 2.45) is 0 Å². The molecule has 33 heavy (non-hydrogen) atoms. The second-order valence-corrected chi connectivity index (χ2v) is 8.91. The summed E-state index contributed by atoms with van der Waals surface area (Å²) >= 11 is 12.5. The van der Waals surface area contributed by atoms with Crippen molar-refractivity contribution >= 4 is 35.0 Å². The summed E-state index contributed by atoms with van der Waals surface area (Å²) in [5.74, 6) is -0.321. The number of nitrogens with zero attached hydrogens (tertiary/aromatic N) is 1. The first-order valence-electron chi connectivity index (χ1n) is 10.9. The van der Waals surface area contributed by atoms with Crippen LogP contribution < -0.4 is 5.32 Å². The van der Waals surface area contributed by atoms with Crippen molar-refractivity contribution in [3.63, 3.8) is 0 Å². The molecule has 3 aromatic rings. The Labute approximate surface area is 205 Å². The molecule has 0 saturated heterocycles. The van der Waals surface area contributed by atoms with Gasteiger partial charge >= 0.3 is 0 Å². The van der Waals surface area contributed by atoms with Crippen LogP contribution in [0.5, 0.6) is 0 Å². The number of benzene rings is 3. The normalized spacial score (nSPS) is 11.6. The molecule has 0 radical (unpaired) electrons. The molecular weight excluding hydrogens is 455 g/mol. The van der Waals surface area contributed by atoms with E-state index in [2.05, 4.69) is 5.32 Å². The number of rotatable bonds is 9. The lowest BCUT2D eigenvalue weighted by molar-refractivity contribution is -0.141. The molecule has 3 aromatic carbocycles. The Morgan fingerprint density at radius 3 is 2.27 bits per heavy atom. The lowest BCUT2D eigenvalue weighted by Gasteiger charge is -2.31. The molecular formula is C27H28Cl2N2O2. The molecule has 0 aromatic heterocycles. The first-order valence-corrected chi connectivity index (χ1v) is 11.7.